The third-order valence-corrected chi connectivity index (χ3v) is 4.28. The highest BCUT2D eigenvalue weighted by Gasteiger charge is 2.13. The number of carbonyl (C=O) groups is 1. The van der Waals surface area contributed by atoms with Crippen LogP contribution in [0.1, 0.15) is 16.1 Å². The summed E-state index contributed by atoms with van der Waals surface area (Å²) in [4.78, 5) is 20.6. The van der Waals surface area contributed by atoms with Gasteiger partial charge in [-0.05, 0) is 24.1 Å². The number of anilines is 2. The Morgan fingerprint density at radius 3 is 2.31 bits per heavy atom. The van der Waals surface area contributed by atoms with Gasteiger partial charge in [-0.2, -0.15) is 0 Å². The largest absolute Gasteiger partial charge is 0.368 e. The highest BCUT2D eigenvalue weighted by atomic mass is 35.5. The van der Waals surface area contributed by atoms with Gasteiger partial charge in [0.25, 0.3) is 5.91 Å². The molecule has 132 valence electrons. The lowest BCUT2D eigenvalue weighted by atomic mass is 10.1. The van der Waals surface area contributed by atoms with Crippen LogP contribution in [0.3, 0.4) is 0 Å². The first kappa shape index (κ1) is 18.2. The van der Waals surface area contributed by atoms with Gasteiger partial charge in [-0.3, -0.25) is 4.79 Å². The van der Waals surface area contributed by atoms with Crippen LogP contribution >= 0.6 is 23.2 Å². The van der Waals surface area contributed by atoms with Crippen LogP contribution < -0.4 is 10.6 Å². The number of amides is 1. The number of carbonyl (C=O) groups excluding carboxylic acids is 1. The van der Waals surface area contributed by atoms with Gasteiger partial charge in [0.2, 0.25) is 0 Å². The van der Waals surface area contributed by atoms with E-state index in [-0.39, 0.29) is 5.69 Å². The second-order valence-electron chi connectivity index (χ2n) is 5.50. The van der Waals surface area contributed by atoms with Gasteiger partial charge in [0, 0.05) is 6.54 Å². The van der Waals surface area contributed by atoms with Crippen LogP contribution in [0, 0.1) is 0 Å². The second-order valence-corrected chi connectivity index (χ2v) is 6.31. The highest BCUT2D eigenvalue weighted by molar-refractivity contribution is 6.39. The molecule has 2 aromatic carbocycles. The molecule has 3 rings (SSSR count). The summed E-state index contributed by atoms with van der Waals surface area (Å²) in [6, 6.07) is 15.1. The van der Waals surface area contributed by atoms with Crippen LogP contribution in [0.2, 0.25) is 10.0 Å². The van der Waals surface area contributed by atoms with Crippen LogP contribution in [0.5, 0.6) is 0 Å². The van der Waals surface area contributed by atoms with Gasteiger partial charge >= 0.3 is 0 Å². The van der Waals surface area contributed by atoms with E-state index in [9.17, 15) is 4.79 Å². The molecular formula is C19H16Cl2N4O. The lowest BCUT2D eigenvalue weighted by Gasteiger charge is -2.09. The number of benzene rings is 2. The fourth-order valence-electron chi connectivity index (χ4n) is 2.31. The normalized spacial score (nSPS) is 10.4. The minimum atomic E-state index is -0.427. The molecule has 2 N–H and O–H groups in total. The van der Waals surface area contributed by atoms with Crippen LogP contribution in [0.4, 0.5) is 11.5 Å². The zero-order valence-corrected chi connectivity index (χ0v) is 15.3. The number of hydrogen-bond donors (Lipinski definition) is 2. The Morgan fingerprint density at radius 2 is 1.65 bits per heavy atom. The van der Waals surface area contributed by atoms with E-state index in [1.165, 1.54) is 18.0 Å². The topological polar surface area (TPSA) is 66.9 Å². The molecule has 7 heteroatoms. The summed E-state index contributed by atoms with van der Waals surface area (Å²) in [6.45, 7) is 0.722. The van der Waals surface area contributed by atoms with Crippen molar-refractivity contribution < 1.29 is 4.79 Å². The minimum absolute atomic E-state index is 0.176. The second kappa shape index (κ2) is 8.65. The SMILES string of the molecule is O=C(Nc1c(Cl)cccc1Cl)c1cnc(NCCc2ccccc2)cn1. The van der Waals surface area contributed by atoms with Crippen molar-refractivity contribution >= 4 is 40.6 Å². The summed E-state index contributed by atoms with van der Waals surface area (Å²) in [5.74, 6) is 0.177. The molecule has 0 aliphatic heterocycles. The van der Waals surface area contributed by atoms with Gasteiger partial charge < -0.3 is 10.6 Å². The molecule has 0 saturated carbocycles. The number of hydrogen-bond acceptors (Lipinski definition) is 4. The first-order valence-corrected chi connectivity index (χ1v) is 8.74. The van der Waals surface area contributed by atoms with E-state index < -0.39 is 5.91 Å². The monoisotopic (exact) mass is 386 g/mol. The number of aromatic nitrogens is 2. The molecule has 0 atom stereocenters. The molecule has 0 aliphatic rings. The fraction of sp³-hybridized carbons (Fsp3) is 0.105. The summed E-state index contributed by atoms with van der Waals surface area (Å²) < 4.78 is 0. The number of para-hydroxylation sites is 1. The smallest absolute Gasteiger partial charge is 0.275 e. The molecule has 1 heterocycles. The summed E-state index contributed by atoms with van der Waals surface area (Å²) in [6.07, 6.45) is 3.80. The van der Waals surface area contributed by atoms with Gasteiger partial charge in [-0.15, -0.1) is 0 Å². The van der Waals surface area contributed by atoms with E-state index in [2.05, 4.69) is 32.7 Å². The lowest BCUT2D eigenvalue weighted by Crippen LogP contribution is -2.15. The molecule has 0 bridgehead atoms. The first-order chi connectivity index (χ1) is 12.6. The predicted octanol–water partition coefficient (Wildman–Crippen LogP) is 4.69. The third-order valence-electron chi connectivity index (χ3n) is 3.65. The molecule has 0 spiro atoms. The Bertz CT molecular complexity index is 866. The summed E-state index contributed by atoms with van der Waals surface area (Å²) in [7, 11) is 0. The van der Waals surface area contributed by atoms with Crippen molar-refractivity contribution in [1.29, 1.82) is 0 Å². The average Bonchev–Trinajstić information content (AvgIpc) is 2.66. The Balaban J connectivity index is 1.57. The molecule has 0 unspecified atom stereocenters. The third kappa shape index (κ3) is 4.71. The number of nitrogens with one attached hydrogen (secondary N) is 2. The van der Waals surface area contributed by atoms with Crippen LogP contribution in [0.15, 0.2) is 60.9 Å². The maximum atomic E-state index is 12.3. The standard InChI is InChI=1S/C19H16Cl2N4O/c20-14-7-4-8-15(21)18(14)25-19(26)16-11-24-17(12-23-16)22-10-9-13-5-2-1-3-6-13/h1-8,11-12H,9-10H2,(H,22,24)(H,25,26). The Hall–Kier alpha value is -2.63. The van der Waals surface area contributed by atoms with Crippen molar-refractivity contribution in [3.63, 3.8) is 0 Å². The highest BCUT2D eigenvalue weighted by Crippen LogP contribution is 2.30. The Morgan fingerprint density at radius 1 is 0.923 bits per heavy atom. The van der Waals surface area contributed by atoms with Crippen LogP contribution in [0.25, 0.3) is 0 Å². The van der Waals surface area contributed by atoms with Crippen molar-refractivity contribution in [1.82, 2.24) is 9.97 Å². The molecule has 0 saturated heterocycles. The van der Waals surface area contributed by atoms with Crippen molar-refractivity contribution in [2.75, 3.05) is 17.2 Å². The lowest BCUT2D eigenvalue weighted by molar-refractivity contribution is 0.102. The molecule has 0 fully saturated rings. The first-order valence-electron chi connectivity index (χ1n) is 7.98. The zero-order valence-electron chi connectivity index (χ0n) is 13.7. The molecule has 1 amide bonds. The molecule has 0 radical (unpaired) electrons. The van der Waals surface area contributed by atoms with Crippen LogP contribution in [-0.2, 0) is 6.42 Å². The van der Waals surface area contributed by atoms with E-state index in [1.807, 2.05) is 18.2 Å². The quantitative estimate of drug-likeness (QED) is 0.644. The maximum Gasteiger partial charge on any atom is 0.275 e. The van der Waals surface area contributed by atoms with E-state index in [1.54, 1.807) is 18.2 Å². The van der Waals surface area contributed by atoms with Gasteiger partial charge in [0.15, 0.2) is 0 Å². The number of rotatable bonds is 6. The summed E-state index contributed by atoms with van der Waals surface area (Å²) in [5, 5.41) is 6.55. The molecule has 26 heavy (non-hydrogen) atoms. The molecular weight excluding hydrogens is 371 g/mol. The predicted molar refractivity (Wildman–Crippen MR) is 105 cm³/mol. The molecule has 1 aromatic heterocycles. The number of nitrogens with zero attached hydrogens (tertiary/aromatic N) is 2. The van der Waals surface area contributed by atoms with Crippen molar-refractivity contribution in [2.45, 2.75) is 6.42 Å². The van der Waals surface area contributed by atoms with E-state index >= 15 is 0 Å². The van der Waals surface area contributed by atoms with Gasteiger partial charge in [-0.1, -0.05) is 59.6 Å². The minimum Gasteiger partial charge on any atom is -0.368 e. The van der Waals surface area contributed by atoms with E-state index in [0.717, 1.165) is 13.0 Å². The fourth-order valence-corrected chi connectivity index (χ4v) is 2.80. The van der Waals surface area contributed by atoms with Gasteiger partial charge in [0.1, 0.15) is 11.5 Å². The number of halogens is 2. The van der Waals surface area contributed by atoms with Gasteiger partial charge in [0.05, 0.1) is 28.1 Å². The van der Waals surface area contributed by atoms with E-state index in [4.69, 9.17) is 23.2 Å². The maximum absolute atomic E-state index is 12.3. The van der Waals surface area contributed by atoms with Crippen molar-refractivity contribution in [3.05, 3.63) is 82.2 Å². The van der Waals surface area contributed by atoms with E-state index in [0.29, 0.717) is 21.6 Å². The van der Waals surface area contributed by atoms with Crippen molar-refractivity contribution in [2.24, 2.45) is 0 Å². The molecule has 0 aliphatic carbocycles. The van der Waals surface area contributed by atoms with Crippen molar-refractivity contribution in [3.8, 4) is 0 Å². The Kier molecular flexibility index (Phi) is 6.04. The molecule has 5 nitrogen and oxygen atoms in total. The zero-order chi connectivity index (χ0) is 18.4. The Labute approximate surface area is 161 Å². The van der Waals surface area contributed by atoms with Gasteiger partial charge in [-0.25, -0.2) is 9.97 Å². The summed E-state index contributed by atoms with van der Waals surface area (Å²) in [5.41, 5.74) is 1.77. The molecule has 3 aromatic rings. The average molecular weight is 387 g/mol. The summed E-state index contributed by atoms with van der Waals surface area (Å²) >= 11 is 12.1. The van der Waals surface area contributed by atoms with Crippen LogP contribution in [-0.4, -0.2) is 22.4 Å².